The van der Waals surface area contributed by atoms with Gasteiger partial charge < -0.3 is 23.1 Å². The molecule has 3 nitrogen and oxygen atoms in total. The van der Waals surface area contributed by atoms with E-state index in [0.717, 1.165) is 36.8 Å². The third-order valence-electron chi connectivity index (χ3n) is 3.40. The first-order chi connectivity index (χ1) is 9.24. The molecule has 0 radical (unpaired) electrons. The SMILES string of the molecule is [Cl-].[NH3+]c1ccc2[nH]c(=O)c3sc4ccccc4c3c2c1. The van der Waals surface area contributed by atoms with Gasteiger partial charge in [0.2, 0.25) is 0 Å². The van der Waals surface area contributed by atoms with Crippen molar-refractivity contribution in [3.05, 3.63) is 52.8 Å². The van der Waals surface area contributed by atoms with Gasteiger partial charge in [0.1, 0.15) is 10.4 Å². The molecule has 0 aliphatic rings. The van der Waals surface area contributed by atoms with Gasteiger partial charge in [0.05, 0.1) is 0 Å². The molecule has 0 saturated carbocycles. The van der Waals surface area contributed by atoms with Crippen LogP contribution in [0.4, 0.5) is 5.69 Å². The number of benzene rings is 2. The monoisotopic (exact) mass is 302 g/mol. The van der Waals surface area contributed by atoms with Gasteiger partial charge in [-0.2, -0.15) is 0 Å². The second kappa shape index (κ2) is 4.59. The van der Waals surface area contributed by atoms with Gasteiger partial charge in [-0.05, 0) is 12.1 Å². The fourth-order valence-corrected chi connectivity index (χ4v) is 3.67. The van der Waals surface area contributed by atoms with Crippen molar-refractivity contribution >= 4 is 48.1 Å². The molecular formula is C15H11ClN2OS. The molecule has 2 heterocycles. The quantitative estimate of drug-likeness (QED) is 0.463. The Hall–Kier alpha value is -1.88. The van der Waals surface area contributed by atoms with Crippen molar-refractivity contribution in [2.75, 3.05) is 0 Å². The molecule has 0 bridgehead atoms. The minimum atomic E-state index is -0.0134. The number of rotatable bonds is 0. The van der Waals surface area contributed by atoms with Crippen molar-refractivity contribution in [3.8, 4) is 0 Å². The van der Waals surface area contributed by atoms with E-state index in [0.29, 0.717) is 0 Å². The molecule has 0 aliphatic carbocycles. The Morgan fingerprint density at radius 3 is 2.70 bits per heavy atom. The number of quaternary nitrogens is 1. The summed E-state index contributed by atoms with van der Waals surface area (Å²) in [6, 6.07) is 14.0. The first kappa shape index (κ1) is 13.1. The van der Waals surface area contributed by atoms with Crippen LogP contribution < -0.4 is 23.7 Å². The number of halogens is 1. The normalized spacial score (nSPS) is 11.1. The van der Waals surface area contributed by atoms with Gasteiger partial charge >= 0.3 is 0 Å². The zero-order valence-electron chi connectivity index (χ0n) is 10.4. The lowest BCUT2D eigenvalue weighted by atomic mass is 10.1. The predicted molar refractivity (Wildman–Crippen MR) is 80.0 cm³/mol. The van der Waals surface area contributed by atoms with E-state index >= 15 is 0 Å². The van der Waals surface area contributed by atoms with E-state index in [4.69, 9.17) is 0 Å². The van der Waals surface area contributed by atoms with Crippen molar-refractivity contribution in [2.24, 2.45) is 0 Å². The second-order valence-corrected chi connectivity index (χ2v) is 5.69. The number of pyridine rings is 1. The highest BCUT2D eigenvalue weighted by Crippen LogP contribution is 2.35. The maximum atomic E-state index is 12.2. The lowest BCUT2D eigenvalue weighted by Gasteiger charge is -2.00. The van der Waals surface area contributed by atoms with Crippen LogP contribution in [-0.2, 0) is 0 Å². The summed E-state index contributed by atoms with van der Waals surface area (Å²) in [5.74, 6) is 0. The highest BCUT2D eigenvalue weighted by atomic mass is 35.5. The molecule has 4 rings (SSSR count). The van der Waals surface area contributed by atoms with Crippen molar-refractivity contribution in [1.29, 1.82) is 0 Å². The maximum Gasteiger partial charge on any atom is 0.266 e. The van der Waals surface area contributed by atoms with Crippen LogP contribution >= 0.6 is 11.3 Å². The fourth-order valence-electron chi connectivity index (χ4n) is 2.56. The van der Waals surface area contributed by atoms with Gasteiger partial charge in [0.15, 0.2) is 0 Å². The molecule has 4 aromatic rings. The zero-order chi connectivity index (χ0) is 13.0. The highest BCUT2D eigenvalue weighted by molar-refractivity contribution is 7.25. The molecule has 0 unspecified atom stereocenters. The molecule has 20 heavy (non-hydrogen) atoms. The number of aromatic nitrogens is 1. The Labute approximate surface area is 124 Å². The van der Waals surface area contributed by atoms with Gasteiger partial charge in [-0.1, -0.05) is 18.2 Å². The lowest BCUT2D eigenvalue weighted by Crippen LogP contribution is -3.00. The molecule has 100 valence electrons. The minimum Gasteiger partial charge on any atom is -1.00 e. The molecular weight excluding hydrogens is 292 g/mol. The predicted octanol–water partition coefficient (Wildman–Crippen LogP) is -0.227. The standard InChI is InChI=1S/C15H10N2OS.ClH/c16-8-5-6-11-10(7-8)13-9-3-1-2-4-12(9)19-14(13)15(18)17-11;/h1-7H,16H2,(H,17,18);1H. The Kier molecular flexibility index (Phi) is 3.01. The lowest BCUT2D eigenvalue weighted by molar-refractivity contribution is -0.254. The molecule has 4 N–H and O–H groups in total. The van der Waals surface area contributed by atoms with E-state index in [2.05, 4.69) is 22.9 Å². The number of hydrogen-bond acceptors (Lipinski definition) is 2. The number of H-pyrrole nitrogens is 1. The summed E-state index contributed by atoms with van der Waals surface area (Å²) in [5, 5.41) is 3.26. The third kappa shape index (κ3) is 1.73. The van der Waals surface area contributed by atoms with Crippen molar-refractivity contribution in [3.63, 3.8) is 0 Å². The van der Waals surface area contributed by atoms with E-state index in [-0.39, 0.29) is 18.0 Å². The molecule has 2 aromatic carbocycles. The average Bonchev–Trinajstić information content (AvgIpc) is 2.80. The van der Waals surface area contributed by atoms with E-state index in [1.165, 1.54) is 0 Å². The van der Waals surface area contributed by atoms with Crippen LogP contribution in [0.5, 0.6) is 0 Å². The van der Waals surface area contributed by atoms with Crippen molar-refractivity contribution in [1.82, 2.24) is 4.98 Å². The molecule has 0 fully saturated rings. The van der Waals surface area contributed by atoms with Gasteiger partial charge in [-0.15, -0.1) is 11.3 Å². The number of nitrogens with one attached hydrogen (secondary N) is 1. The Morgan fingerprint density at radius 1 is 1.05 bits per heavy atom. The zero-order valence-corrected chi connectivity index (χ0v) is 12.0. The van der Waals surface area contributed by atoms with Crippen molar-refractivity contribution < 1.29 is 18.1 Å². The average molecular weight is 303 g/mol. The molecule has 0 amide bonds. The van der Waals surface area contributed by atoms with Crippen molar-refractivity contribution in [2.45, 2.75) is 0 Å². The van der Waals surface area contributed by atoms with Crippen LogP contribution in [0.25, 0.3) is 31.1 Å². The number of thiophene rings is 1. The summed E-state index contributed by atoms with van der Waals surface area (Å²) in [6.45, 7) is 0. The topological polar surface area (TPSA) is 60.5 Å². The summed E-state index contributed by atoms with van der Waals surface area (Å²) in [6.07, 6.45) is 0. The molecule has 2 aromatic heterocycles. The first-order valence-corrected chi connectivity index (χ1v) is 6.85. The first-order valence-electron chi connectivity index (χ1n) is 6.03. The van der Waals surface area contributed by atoms with Crippen LogP contribution in [0.2, 0.25) is 0 Å². The molecule has 0 aliphatic heterocycles. The Morgan fingerprint density at radius 2 is 1.85 bits per heavy atom. The third-order valence-corrected chi connectivity index (χ3v) is 4.57. The maximum absolute atomic E-state index is 12.2. The van der Waals surface area contributed by atoms with Gasteiger partial charge in [0.25, 0.3) is 5.56 Å². The van der Waals surface area contributed by atoms with Crippen LogP contribution in [-0.4, -0.2) is 4.98 Å². The number of aromatic amines is 1. The molecule has 0 atom stereocenters. The van der Waals surface area contributed by atoms with E-state index in [1.807, 2.05) is 30.3 Å². The Balaban J connectivity index is 0.00000121. The Bertz CT molecular complexity index is 1000. The number of fused-ring (bicyclic) bond motifs is 5. The summed E-state index contributed by atoms with van der Waals surface area (Å²) in [4.78, 5) is 15.1. The summed E-state index contributed by atoms with van der Waals surface area (Å²) >= 11 is 1.54. The van der Waals surface area contributed by atoms with Crippen LogP contribution in [0.15, 0.2) is 47.3 Å². The molecule has 5 heteroatoms. The van der Waals surface area contributed by atoms with Crippen LogP contribution in [0.1, 0.15) is 0 Å². The summed E-state index contributed by atoms with van der Waals surface area (Å²) in [5.41, 5.74) is 5.79. The highest BCUT2D eigenvalue weighted by Gasteiger charge is 2.12. The smallest absolute Gasteiger partial charge is 0.266 e. The van der Waals surface area contributed by atoms with E-state index in [1.54, 1.807) is 11.3 Å². The van der Waals surface area contributed by atoms with Crippen LogP contribution in [0, 0.1) is 0 Å². The summed E-state index contributed by atoms with van der Waals surface area (Å²) in [7, 11) is 0. The molecule has 0 saturated heterocycles. The second-order valence-electron chi connectivity index (χ2n) is 4.64. The minimum absolute atomic E-state index is 0. The van der Waals surface area contributed by atoms with Crippen LogP contribution in [0.3, 0.4) is 0 Å². The molecule has 0 spiro atoms. The van der Waals surface area contributed by atoms with Gasteiger partial charge in [0, 0.05) is 38.5 Å². The van der Waals surface area contributed by atoms with Gasteiger partial charge in [-0.3, -0.25) is 4.79 Å². The van der Waals surface area contributed by atoms with E-state index < -0.39 is 0 Å². The largest absolute Gasteiger partial charge is 1.00 e. The fraction of sp³-hybridized carbons (Fsp3) is 0. The summed E-state index contributed by atoms with van der Waals surface area (Å²) < 4.78 is 1.93. The van der Waals surface area contributed by atoms with Gasteiger partial charge in [-0.25, -0.2) is 0 Å². The number of hydrogen-bond donors (Lipinski definition) is 2. The van der Waals surface area contributed by atoms with E-state index in [9.17, 15) is 4.79 Å².